The van der Waals surface area contributed by atoms with Gasteiger partial charge in [0, 0.05) is 36.8 Å². The summed E-state index contributed by atoms with van der Waals surface area (Å²) < 4.78 is 1.58. The molecule has 6 heteroatoms. The summed E-state index contributed by atoms with van der Waals surface area (Å²) in [6.45, 7) is 1.01. The van der Waals surface area contributed by atoms with Gasteiger partial charge in [-0.1, -0.05) is 42.2 Å². The van der Waals surface area contributed by atoms with E-state index in [4.69, 9.17) is 0 Å². The number of nitrogens with zero attached hydrogens (tertiary/aromatic N) is 3. The topological polar surface area (TPSA) is 67.2 Å². The number of carbonyl (C=O) groups is 2. The molecule has 156 valence electrons. The Kier molecular flexibility index (Phi) is 6.13. The van der Waals surface area contributed by atoms with Gasteiger partial charge in [0.15, 0.2) is 0 Å². The average Bonchev–Trinajstić information content (AvgIpc) is 3.20. The number of rotatable bonds is 4. The minimum Gasteiger partial charge on any atom is -0.340 e. The van der Waals surface area contributed by atoms with Gasteiger partial charge in [-0.2, -0.15) is 5.10 Å². The molecule has 1 aromatic heterocycles. The van der Waals surface area contributed by atoms with Crippen molar-refractivity contribution in [1.82, 2.24) is 15.1 Å². The van der Waals surface area contributed by atoms with E-state index in [-0.39, 0.29) is 18.4 Å². The molecule has 2 heterocycles. The van der Waals surface area contributed by atoms with Crippen molar-refractivity contribution in [2.24, 2.45) is 7.05 Å². The molecule has 1 fully saturated rings. The maximum Gasteiger partial charge on any atom is 0.270 e. The van der Waals surface area contributed by atoms with Crippen molar-refractivity contribution in [3.8, 4) is 23.1 Å². The summed E-state index contributed by atoms with van der Waals surface area (Å²) in [4.78, 5) is 26.4. The van der Waals surface area contributed by atoms with E-state index in [2.05, 4.69) is 22.3 Å². The quantitative estimate of drug-likeness (QED) is 0.668. The van der Waals surface area contributed by atoms with Crippen molar-refractivity contribution in [2.75, 3.05) is 18.0 Å². The highest BCUT2D eigenvalue weighted by Gasteiger charge is 2.19. The van der Waals surface area contributed by atoms with Crippen LogP contribution in [0, 0.1) is 11.8 Å². The fourth-order valence-electron chi connectivity index (χ4n) is 3.59. The minimum absolute atomic E-state index is 0.179. The number of benzene rings is 2. The Bertz CT molecular complexity index is 1140. The monoisotopic (exact) mass is 412 g/mol. The van der Waals surface area contributed by atoms with E-state index in [1.54, 1.807) is 17.8 Å². The van der Waals surface area contributed by atoms with E-state index in [9.17, 15) is 9.59 Å². The summed E-state index contributed by atoms with van der Waals surface area (Å²) in [7, 11) is 1.75. The summed E-state index contributed by atoms with van der Waals surface area (Å²) in [5.41, 5.74) is 3.96. The number of nitrogens with one attached hydrogen (secondary N) is 1. The van der Waals surface area contributed by atoms with Crippen LogP contribution in [-0.2, 0) is 11.8 Å². The van der Waals surface area contributed by atoms with Gasteiger partial charge in [-0.25, -0.2) is 0 Å². The van der Waals surface area contributed by atoms with Crippen molar-refractivity contribution in [2.45, 2.75) is 19.3 Å². The van der Waals surface area contributed by atoms with Gasteiger partial charge >= 0.3 is 0 Å². The lowest BCUT2D eigenvalue weighted by molar-refractivity contribution is -0.119. The van der Waals surface area contributed by atoms with Crippen LogP contribution in [0.2, 0.25) is 0 Å². The fraction of sp³-hybridized carbons (Fsp3) is 0.240. The van der Waals surface area contributed by atoms with Crippen molar-refractivity contribution in [1.29, 1.82) is 0 Å². The van der Waals surface area contributed by atoms with Gasteiger partial charge < -0.3 is 10.2 Å². The van der Waals surface area contributed by atoms with Crippen LogP contribution in [-0.4, -0.2) is 34.7 Å². The highest BCUT2D eigenvalue weighted by molar-refractivity contribution is 5.94. The molecule has 0 bridgehead atoms. The Morgan fingerprint density at radius 1 is 1.10 bits per heavy atom. The lowest BCUT2D eigenvalue weighted by Crippen LogP contribution is -2.35. The van der Waals surface area contributed by atoms with Gasteiger partial charge in [-0.3, -0.25) is 14.3 Å². The number of piperidine rings is 1. The zero-order valence-electron chi connectivity index (χ0n) is 17.5. The Labute approximate surface area is 181 Å². The molecule has 1 N–H and O–H groups in total. The molecule has 31 heavy (non-hydrogen) atoms. The van der Waals surface area contributed by atoms with Crippen LogP contribution in [0.15, 0.2) is 60.7 Å². The Balaban J connectivity index is 1.34. The van der Waals surface area contributed by atoms with Crippen molar-refractivity contribution in [3.05, 3.63) is 71.9 Å². The number of carbonyl (C=O) groups excluding carboxylic acids is 2. The first kappa shape index (κ1) is 20.4. The molecule has 2 aromatic carbocycles. The van der Waals surface area contributed by atoms with E-state index in [0.29, 0.717) is 12.1 Å². The van der Waals surface area contributed by atoms with Crippen LogP contribution in [0.5, 0.6) is 0 Å². The normalized spacial score (nSPS) is 13.5. The molecular weight excluding hydrogens is 388 g/mol. The molecule has 0 spiro atoms. The van der Waals surface area contributed by atoms with Crippen molar-refractivity contribution in [3.63, 3.8) is 0 Å². The third kappa shape index (κ3) is 4.84. The predicted octanol–water partition coefficient (Wildman–Crippen LogP) is 3.39. The van der Waals surface area contributed by atoms with E-state index >= 15 is 0 Å². The van der Waals surface area contributed by atoms with Gasteiger partial charge in [0.2, 0.25) is 5.91 Å². The Morgan fingerprint density at radius 3 is 2.61 bits per heavy atom. The molecule has 1 aliphatic heterocycles. The predicted molar refractivity (Wildman–Crippen MR) is 121 cm³/mol. The summed E-state index contributed by atoms with van der Waals surface area (Å²) >= 11 is 0. The number of amides is 2. The first-order valence-corrected chi connectivity index (χ1v) is 10.4. The zero-order valence-corrected chi connectivity index (χ0v) is 17.5. The average molecular weight is 412 g/mol. The number of hydrogen-bond donors (Lipinski definition) is 1. The second-order valence-electron chi connectivity index (χ2n) is 7.44. The molecule has 0 radical (unpaired) electrons. The van der Waals surface area contributed by atoms with Crippen LogP contribution in [0.25, 0.3) is 11.3 Å². The molecular formula is C25H24N4O2. The Hall–Kier alpha value is -3.85. The Morgan fingerprint density at radius 2 is 1.87 bits per heavy atom. The largest absolute Gasteiger partial charge is 0.340 e. The highest BCUT2D eigenvalue weighted by Crippen LogP contribution is 2.21. The van der Waals surface area contributed by atoms with E-state index in [1.807, 2.05) is 59.5 Å². The van der Waals surface area contributed by atoms with Crippen LogP contribution < -0.4 is 10.2 Å². The van der Waals surface area contributed by atoms with Crippen molar-refractivity contribution >= 4 is 17.5 Å². The number of hydrogen-bond acceptors (Lipinski definition) is 3. The number of aromatic nitrogens is 2. The number of anilines is 1. The molecule has 4 rings (SSSR count). The third-order valence-electron chi connectivity index (χ3n) is 5.25. The lowest BCUT2D eigenvalue weighted by atomic mass is 10.1. The first-order chi connectivity index (χ1) is 15.1. The van der Waals surface area contributed by atoms with Crippen LogP contribution in [0.1, 0.15) is 35.3 Å². The van der Waals surface area contributed by atoms with Gasteiger partial charge in [-0.05, 0) is 43.2 Å². The van der Waals surface area contributed by atoms with Crippen LogP contribution >= 0.6 is 0 Å². The molecule has 3 aromatic rings. The summed E-state index contributed by atoms with van der Waals surface area (Å²) in [5, 5.41) is 7.24. The molecule has 0 unspecified atom stereocenters. The zero-order chi connectivity index (χ0) is 21.6. The van der Waals surface area contributed by atoms with E-state index in [1.165, 1.54) is 0 Å². The maximum atomic E-state index is 12.5. The van der Waals surface area contributed by atoms with Crippen molar-refractivity contribution < 1.29 is 9.59 Å². The minimum atomic E-state index is -0.217. The van der Waals surface area contributed by atoms with Gasteiger partial charge in [0.25, 0.3) is 5.91 Å². The van der Waals surface area contributed by atoms with E-state index < -0.39 is 0 Å². The summed E-state index contributed by atoms with van der Waals surface area (Å²) in [5.74, 6) is 5.99. The standard InChI is InChI=1S/C25H24N4O2/c1-28-23(18-22(27-28)20-9-3-2-4-10-20)25(31)26-16-7-8-19-12-14-21(15-13-19)29-17-6-5-11-24(29)30/h2-4,9-10,12-15,18H,5-6,11,16-17H2,1H3,(H,26,31). The second-order valence-corrected chi connectivity index (χ2v) is 7.44. The first-order valence-electron chi connectivity index (χ1n) is 10.4. The highest BCUT2D eigenvalue weighted by atomic mass is 16.2. The fourth-order valence-corrected chi connectivity index (χ4v) is 3.59. The lowest BCUT2D eigenvalue weighted by Gasteiger charge is -2.26. The molecule has 2 amide bonds. The summed E-state index contributed by atoms with van der Waals surface area (Å²) in [6, 6.07) is 19.2. The molecule has 1 aliphatic rings. The van der Waals surface area contributed by atoms with Crippen LogP contribution in [0.4, 0.5) is 5.69 Å². The maximum absolute atomic E-state index is 12.5. The molecule has 6 nitrogen and oxygen atoms in total. The van der Waals surface area contributed by atoms with Crippen LogP contribution in [0.3, 0.4) is 0 Å². The van der Waals surface area contributed by atoms with Gasteiger partial charge in [0.05, 0.1) is 12.2 Å². The molecule has 0 aliphatic carbocycles. The SMILES string of the molecule is Cn1nc(-c2ccccc2)cc1C(=O)NCC#Cc1ccc(N2CCCCC2=O)cc1. The van der Waals surface area contributed by atoms with Gasteiger partial charge in [0.1, 0.15) is 5.69 Å². The smallest absolute Gasteiger partial charge is 0.270 e. The second kappa shape index (κ2) is 9.31. The molecule has 1 saturated heterocycles. The van der Waals surface area contributed by atoms with Gasteiger partial charge in [-0.15, -0.1) is 0 Å². The molecule has 0 atom stereocenters. The van der Waals surface area contributed by atoms with E-state index in [0.717, 1.165) is 41.9 Å². The number of aryl methyl sites for hydroxylation is 1. The summed E-state index contributed by atoms with van der Waals surface area (Å²) in [6.07, 6.45) is 2.62. The third-order valence-corrected chi connectivity index (χ3v) is 5.25. The molecule has 0 saturated carbocycles.